The van der Waals surface area contributed by atoms with Crippen LogP contribution in [0.3, 0.4) is 0 Å². The molecule has 23 heavy (non-hydrogen) atoms. The van der Waals surface area contributed by atoms with Gasteiger partial charge >= 0.3 is 6.18 Å². The molecule has 122 valence electrons. The minimum Gasteiger partial charge on any atom is -0.594 e. The summed E-state index contributed by atoms with van der Waals surface area (Å²) in [6.07, 6.45) is -4.27. The highest BCUT2D eigenvalue weighted by Gasteiger charge is 2.32. The van der Waals surface area contributed by atoms with Crippen LogP contribution >= 0.6 is 0 Å². The molecule has 1 aliphatic rings. The van der Waals surface area contributed by atoms with Crippen LogP contribution in [-0.4, -0.2) is 10.2 Å². The molecule has 7 heteroatoms. The second-order valence-corrected chi connectivity index (χ2v) is 5.94. The Kier molecular flexibility index (Phi) is 3.75. The molecule has 0 radical (unpaired) electrons. The summed E-state index contributed by atoms with van der Waals surface area (Å²) < 4.78 is 38.4. The van der Waals surface area contributed by atoms with Crippen LogP contribution in [-0.2, 0) is 12.6 Å². The van der Waals surface area contributed by atoms with Crippen molar-refractivity contribution in [2.45, 2.75) is 32.0 Å². The van der Waals surface area contributed by atoms with Crippen molar-refractivity contribution in [2.24, 2.45) is 5.92 Å². The zero-order valence-corrected chi connectivity index (χ0v) is 12.3. The third kappa shape index (κ3) is 3.01. The smallest absolute Gasteiger partial charge is 0.416 e. The highest BCUT2D eigenvalue weighted by atomic mass is 19.4. The Morgan fingerprint density at radius 2 is 2.04 bits per heavy atom. The molecule has 0 bridgehead atoms. The van der Waals surface area contributed by atoms with E-state index in [1.165, 1.54) is 18.2 Å². The van der Waals surface area contributed by atoms with E-state index in [9.17, 15) is 23.5 Å². The van der Waals surface area contributed by atoms with E-state index in [2.05, 4.69) is 5.10 Å². The molecule has 1 N–H and O–H groups in total. The molecule has 0 saturated carbocycles. The molecule has 0 amide bonds. The molecule has 1 aliphatic carbocycles. The first-order chi connectivity index (χ1) is 10.8. The molecule has 4 nitrogen and oxygen atoms in total. The van der Waals surface area contributed by atoms with Crippen LogP contribution in [0.25, 0.3) is 11.3 Å². The first-order valence-electron chi connectivity index (χ1n) is 7.25. The standard InChI is InChI=1S/C16H15F3N2O2/c1-9-5-14-12(15(22)6-9)8-13(20-21(14)23)10-3-2-4-11(7-10)16(17,18)19/h2-4,7-9,15,22H,5-6H2,1H3. The van der Waals surface area contributed by atoms with Crippen molar-refractivity contribution in [2.75, 3.05) is 0 Å². The summed E-state index contributed by atoms with van der Waals surface area (Å²) in [4.78, 5) is 0.420. The fourth-order valence-corrected chi connectivity index (χ4v) is 2.93. The number of halogens is 3. The first-order valence-corrected chi connectivity index (χ1v) is 7.25. The maximum absolute atomic E-state index is 12.8. The van der Waals surface area contributed by atoms with Gasteiger partial charge < -0.3 is 10.3 Å². The van der Waals surface area contributed by atoms with Gasteiger partial charge in [0.1, 0.15) is 5.69 Å². The molecular formula is C16H15F3N2O2. The number of fused-ring (bicyclic) bond motifs is 1. The van der Waals surface area contributed by atoms with E-state index in [4.69, 9.17) is 0 Å². The number of hydrogen-bond acceptors (Lipinski definition) is 3. The predicted octanol–water partition coefficient (Wildman–Crippen LogP) is 3.02. The summed E-state index contributed by atoms with van der Waals surface area (Å²) in [6.45, 7) is 1.92. The zero-order chi connectivity index (χ0) is 16.8. The van der Waals surface area contributed by atoms with E-state index < -0.39 is 17.8 Å². The van der Waals surface area contributed by atoms with Crippen LogP contribution in [0, 0.1) is 11.1 Å². The molecule has 0 aliphatic heterocycles. The lowest BCUT2D eigenvalue weighted by Crippen LogP contribution is -2.41. The van der Waals surface area contributed by atoms with Gasteiger partial charge in [-0.15, -0.1) is 0 Å². The number of aliphatic hydroxyl groups is 1. The van der Waals surface area contributed by atoms with E-state index in [-0.39, 0.29) is 17.2 Å². The monoisotopic (exact) mass is 324 g/mol. The SMILES string of the molecule is CC1Cc2c(cc(-c3cccc(C(F)(F)F)c3)n[n+]2[O-])C(O)C1. The third-order valence-corrected chi connectivity index (χ3v) is 4.07. The Bertz CT molecular complexity index is 747. The Morgan fingerprint density at radius 3 is 2.74 bits per heavy atom. The van der Waals surface area contributed by atoms with Crippen molar-refractivity contribution >= 4 is 0 Å². The minimum atomic E-state index is -4.47. The van der Waals surface area contributed by atoms with Crippen LogP contribution in [0.4, 0.5) is 13.2 Å². The van der Waals surface area contributed by atoms with Crippen molar-refractivity contribution in [3.05, 3.63) is 52.4 Å². The molecular weight excluding hydrogens is 309 g/mol. The fraction of sp³-hybridized carbons (Fsp3) is 0.375. The van der Waals surface area contributed by atoms with Crippen molar-refractivity contribution in [1.82, 2.24) is 5.10 Å². The van der Waals surface area contributed by atoms with Gasteiger partial charge in [-0.3, -0.25) is 0 Å². The quantitative estimate of drug-likeness (QED) is 0.648. The molecule has 2 aromatic rings. The summed E-state index contributed by atoms with van der Waals surface area (Å²) in [5.41, 5.74) is 0.338. The number of rotatable bonds is 1. The summed E-state index contributed by atoms with van der Waals surface area (Å²) >= 11 is 0. The average molecular weight is 324 g/mol. The van der Waals surface area contributed by atoms with Crippen LogP contribution in [0.1, 0.15) is 36.3 Å². The number of nitrogens with zero attached hydrogens (tertiary/aromatic N) is 2. The van der Waals surface area contributed by atoms with E-state index in [1.54, 1.807) is 0 Å². The van der Waals surface area contributed by atoms with Gasteiger partial charge in [-0.25, -0.2) is 0 Å². The number of aromatic nitrogens is 2. The average Bonchev–Trinajstić information content (AvgIpc) is 2.47. The Hall–Kier alpha value is -2.15. The van der Waals surface area contributed by atoms with Crippen LogP contribution in [0.5, 0.6) is 0 Å². The highest BCUT2D eigenvalue weighted by Crippen LogP contribution is 2.34. The van der Waals surface area contributed by atoms with Crippen LogP contribution in [0.2, 0.25) is 0 Å². The topological polar surface area (TPSA) is 60.1 Å². The van der Waals surface area contributed by atoms with E-state index in [0.717, 1.165) is 12.1 Å². The molecule has 0 saturated heterocycles. The molecule has 1 aromatic heterocycles. The summed E-state index contributed by atoms with van der Waals surface area (Å²) in [6, 6.07) is 6.15. The number of benzene rings is 1. The van der Waals surface area contributed by atoms with Gasteiger partial charge in [0.15, 0.2) is 0 Å². The lowest BCUT2D eigenvalue weighted by Gasteiger charge is -2.24. The summed E-state index contributed by atoms with van der Waals surface area (Å²) in [5, 5.41) is 26.1. The third-order valence-electron chi connectivity index (χ3n) is 4.07. The molecule has 3 rings (SSSR count). The number of hydrogen-bond donors (Lipinski definition) is 1. The summed E-state index contributed by atoms with van der Waals surface area (Å²) in [5.74, 6) is 0.152. The maximum atomic E-state index is 12.8. The second kappa shape index (κ2) is 5.49. The Morgan fingerprint density at radius 1 is 1.30 bits per heavy atom. The second-order valence-electron chi connectivity index (χ2n) is 5.94. The highest BCUT2D eigenvalue weighted by molar-refractivity contribution is 5.60. The van der Waals surface area contributed by atoms with E-state index >= 15 is 0 Å². The van der Waals surface area contributed by atoms with Crippen molar-refractivity contribution < 1.29 is 23.1 Å². The maximum Gasteiger partial charge on any atom is 0.416 e. The van der Waals surface area contributed by atoms with Gasteiger partial charge in [0.2, 0.25) is 5.69 Å². The molecule has 1 heterocycles. The molecule has 1 aromatic carbocycles. The zero-order valence-electron chi connectivity index (χ0n) is 12.3. The van der Waals surface area contributed by atoms with Crippen molar-refractivity contribution in [3.63, 3.8) is 0 Å². The van der Waals surface area contributed by atoms with Gasteiger partial charge in [-0.2, -0.15) is 13.2 Å². The molecule has 0 spiro atoms. The largest absolute Gasteiger partial charge is 0.594 e. The predicted molar refractivity (Wildman–Crippen MR) is 76.1 cm³/mol. The van der Waals surface area contributed by atoms with Crippen molar-refractivity contribution in [1.29, 1.82) is 0 Å². The number of alkyl halides is 3. The van der Waals surface area contributed by atoms with Crippen LogP contribution < -0.4 is 4.85 Å². The lowest BCUT2D eigenvalue weighted by atomic mass is 9.86. The fourth-order valence-electron chi connectivity index (χ4n) is 2.93. The van der Waals surface area contributed by atoms with Gasteiger partial charge in [0.25, 0.3) is 0 Å². The van der Waals surface area contributed by atoms with Gasteiger partial charge in [-0.1, -0.05) is 23.9 Å². The minimum absolute atomic E-state index is 0.124. The molecule has 2 atom stereocenters. The lowest BCUT2D eigenvalue weighted by molar-refractivity contribution is -0.677. The molecule has 0 fully saturated rings. The number of aliphatic hydroxyl groups excluding tert-OH is 1. The van der Waals surface area contributed by atoms with Crippen LogP contribution in [0.15, 0.2) is 30.3 Å². The van der Waals surface area contributed by atoms with Crippen molar-refractivity contribution in [3.8, 4) is 11.3 Å². The van der Waals surface area contributed by atoms with E-state index in [1.807, 2.05) is 6.92 Å². The van der Waals surface area contributed by atoms with Gasteiger partial charge in [-0.05, 0) is 30.5 Å². The molecule has 2 unspecified atom stereocenters. The Labute approximate surface area is 130 Å². The normalized spacial score (nSPS) is 21.1. The van der Waals surface area contributed by atoms with Gasteiger partial charge in [0.05, 0.1) is 17.2 Å². The summed E-state index contributed by atoms with van der Waals surface area (Å²) in [7, 11) is 0. The van der Waals surface area contributed by atoms with E-state index in [0.29, 0.717) is 28.9 Å². The first kappa shape index (κ1) is 15.7. The Balaban J connectivity index is 2.09. The van der Waals surface area contributed by atoms with Gasteiger partial charge in [0, 0.05) is 17.1 Å².